The van der Waals surface area contributed by atoms with E-state index in [-0.39, 0.29) is 12.1 Å². The third-order valence-electron chi connectivity index (χ3n) is 3.25. The zero-order chi connectivity index (χ0) is 12.9. The van der Waals surface area contributed by atoms with E-state index in [4.69, 9.17) is 23.2 Å². The van der Waals surface area contributed by atoms with E-state index < -0.39 is 0 Å². The quantitative estimate of drug-likeness (QED) is 0.831. The lowest BCUT2D eigenvalue weighted by Crippen LogP contribution is -2.47. The van der Waals surface area contributed by atoms with Crippen LogP contribution < -0.4 is 5.32 Å². The first-order valence-electron chi connectivity index (χ1n) is 5.86. The van der Waals surface area contributed by atoms with E-state index in [0.717, 1.165) is 18.4 Å². The van der Waals surface area contributed by atoms with Crippen LogP contribution in [0.2, 0.25) is 10.0 Å². The van der Waals surface area contributed by atoms with Crippen LogP contribution in [0.4, 0.5) is 0 Å². The monoisotopic (exact) mass is 275 g/mol. The molecule has 0 heterocycles. The smallest absolute Gasteiger partial charge is 0.0613 e. The van der Waals surface area contributed by atoms with Crippen LogP contribution in [0.25, 0.3) is 0 Å². The number of benzene rings is 1. The molecule has 0 fully saturated rings. The summed E-state index contributed by atoms with van der Waals surface area (Å²) in [7, 11) is 0. The van der Waals surface area contributed by atoms with Crippen molar-refractivity contribution in [3.05, 3.63) is 33.8 Å². The molecule has 17 heavy (non-hydrogen) atoms. The molecule has 1 rings (SSSR count). The number of hydrogen-bond acceptors (Lipinski definition) is 2. The lowest BCUT2D eigenvalue weighted by molar-refractivity contribution is 0.149. The molecule has 4 heteroatoms. The maximum absolute atomic E-state index is 9.45. The van der Waals surface area contributed by atoms with E-state index in [9.17, 15) is 5.11 Å². The van der Waals surface area contributed by atoms with Crippen LogP contribution in [0.1, 0.15) is 32.3 Å². The maximum Gasteiger partial charge on any atom is 0.0613 e. The molecule has 0 saturated carbocycles. The normalized spacial score (nSPS) is 11.8. The summed E-state index contributed by atoms with van der Waals surface area (Å²) in [4.78, 5) is 0. The van der Waals surface area contributed by atoms with Crippen LogP contribution in [0.3, 0.4) is 0 Å². The van der Waals surface area contributed by atoms with Crippen molar-refractivity contribution in [3.8, 4) is 0 Å². The minimum Gasteiger partial charge on any atom is -0.394 e. The molecule has 0 aliphatic heterocycles. The van der Waals surface area contributed by atoms with Crippen LogP contribution in [0.5, 0.6) is 0 Å². The van der Waals surface area contributed by atoms with E-state index in [0.29, 0.717) is 16.6 Å². The van der Waals surface area contributed by atoms with Crippen LogP contribution in [-0.2, 0) is 6.54 Å². The van der Waals surface area contributed by atoms with Gasteiger partial charge in [-0.1, -0.05) is 37.0 Å². The van der Waals surface area contributed by atoms with E-state index in [1.807, 2.05) is 12.1 Å². The van der Waals surface area contributed by atoms with Crippen LogP contribution >= 0.6 is 23.2 Å². The third-order valence-corrected chi connectivity index (χ3v) is 3.68. The average Bonchev–Trinajstić information content (AvgIpc) is 2.30. The van der Waals surface area contributed by atoms with Gasteiger partial charge < -0.3 is 10.4 Å². The molecule has 0 unspecified atom stereocenters. The molecular weight excluding hydrogens is 257 g/mol. The fourth-order valence-corrected chi connectivity index (χ4v) is 2.35. The minimum absolute atomic E-state index is 0.133. The van der Waals surface area contributed by atoms with Crippen molar-refractivity contribution in [3.63, 3.8) is 0 Å². The molecule has 0 radical (unpaired) electrons. The highest BCUT2D eigenvalue weighted by molar-refractivity contribution is 6.34. The van der Waals surface area contributed by atoms with Gasteiger partial charge in [0, 0.05) is 22.1 Å². The van der Waals surface area contributed by atoms with Gasteiger partial charge in [-0.05, 0) is 36.6 Å². The first-order valence-corrected chi connectivity index (χ1v) is 6.61. The lowest BCUT2D eigenvalue weighted by atomic mass is 9.93. The maximum atomic E-state index is 9.45. The Morgan fingerprint density at radius 2 is 1.65 bits per heavy atom. The third kappa shape index (κ3) is 4.14. The van der Waals surface area contributed by atoms with Crippen LogP contribution in [0, 0.1) is 0 Å². The van der Waals surface area contributed by atoms with Crippen molar-refractivity contribution in [1.29, 1.82) is 0 Å². The van der Waals surface area contributed by atoms with Crippen molar-refractivity contribution in [1.82, 2.24) is 5.32 Å². The number of nitrogens with one attached hydrogen (secondary N) is 1. The second-order valence-corrected chi connectivity index (χ2v) is 5.15. The first-order chi connectivity index (χ1) is 8.05. The minimum atomic E-state index is -0.213. The van der Waals surface area contributed by atoms with Gasteiger partial charge in [-0.25, -0.2) is 0 Å². The fourth-order valence-electron chi connectivity index (χ4n) is 1.78. The average molecular weight is 276 g/mol. The molecule has 0 saturated heterocycles. The summed E-state index contributed by atoms with van der Waals surface area (Å²) >= 11 is 11.9. The van der Waals surface area contributed by atoms with Gasteiger partial charge >= 0.3 is 0 Å². The van der Waals surface area contributed by atoms with E-state index in [1.165, 1.54) is 0 Å². The number of halogens is 2. The summed E-state index contributed by atoms with van der Waals surface area (Å²) < 4.78 is 0. The summed E-state index contributed by atoms with van der Waals surface area (Å²) in [6.45, 7) is 4.92. The van der Waals surface area contributed by atoms with Crippen molar-refractivity contribution in [2.75, 3.05) is 6.61 Å². The Hall–Kier alpha value is -0.280. The van der Waals surface area contributed by atoms with Gasteiger partial charge in [0.15, 0.2) is 0 Å². The topological polar surface area (TPSA) is 32.3 Å². The van der Waals surface area contributed by atoms with Crippen molar-refractivity contribution in [2.45, 2.75) is 38.8 Å². The Balaban J connectivity index is 2.71. The Bertz CT molecular complexity index is 336. The molecule has 1 aromatic rings. The molecule has 0 bridgehead atoms. The number of aliphatic hydroxyl groups is 1. The predicted octanol–water partition coefficient (Wildman–Crippen LogP) is 3.63. The summed E-state index contributed by atoms with van der Waals surface area (Å²) in [5.74, 6) is 0. The highest BCUT2D eigenvalue weighted by Crippen LogP contribution is 2.20. The summed E-state index contributed by atoms with van der Waals surface area (Å²) in [5, 5.41) is 14.1. The van der Waals surface area contributed by atoms with Crippen molar-refractivity contribution >= 4 is 23.2 Å². The molecule has 0 aromatic heterocycles. The standard InChI is InChI=1S/C13H19Cl2NO/c1-3-13(4-2,9-17)16-8-10-5-11(14)7-12(15)6-10/h5-7,16-17H,3-4,8-9H2,1-2H3. The van der Waals surface area contributed by atoms with Gasteiger partial charge in [-0.15, -0.1) is 0 Å². The molecule has 2 N–H and O–H groups in total. The molecule has 2 nitrogen and oxygen atoms in total. The van der Waals surface area contributed by atoms with Gasteiger partial charge in [0.2, 0.25) is 0 Å². The van der Waals surface area contributed by atoms with Crippen molar-refractivity contribution < 1.29 is 5.11 Å². The lowest BCUT2D eigenvalue weighted by Gasteiger charge is -2.31. The van der Waals surface area contributed by atoms with Gasteiger partial charge in [-0.3, -0.25) is 0 Å². The predicted molar refractivity (Wildman–Crippen MR) is 73.7 cm³/mol. The SMILES string of the molecule is CCC(CC)(CO)NCc1cc(Cl)cc(Cl)c1. The van der Waals surface area contributed by atoms with Gasteiger partial charge in [0.1, 0.15) is 0 Å². The molecule has 0 aliphatic rings. The molecule has 0 atom stereocenters. The Morgan fingerprint density at radius 1 is 1.12 bits per heavy atom. The Kier molecular flexibility index (Phi) is 5.74. The molecule has 1 aromatic carbocycles. The van der Waals surface area contributed by atoms with E-state index in [1.54, 1.807) is 6.07 Å². The Labute approximate surface area is 113 Å². The molecule has 96 valence electrons. The summed E-state index contributed by atoms with van der Waals surface area (Å²) in [5.41, 5.74) is 0.816. The highest BCUT2D eigenvalue weighted by Gasteiger charge is 2.23. The highest BCUT2D eigenvalue weighted by atomic mass is 35.5. The van der Waals surface area contributed by atoms with Gasteiger partial charge in [0.25, 0.3) is 0 Å². The van der Waals surface area contributed by atoms with E-state index >= 15 is 0 Å². The fraction of sp³-hybridized carbons (Fsp3) is 0.538. The molecule has 0 amide bonds. The number of hydrogen-bond donors (Lipinski definition) is 2. The van der Waals surface area contributed by atoms with Crippen LogP contribution in [0.15, 0.2) is 18.2 Å². The Morgan fingerprint density at radius 3 is 2.06 bits per heavy atom. The summed E-state index contributed by atoms with van der Waals surface area (Å²) in [6.07, 6.45) is 1.77. The second-order valence-electron chi connectivity index (χ2n) is 4.28. The second kappa shape index (κ2) is 6.60. The largest absolute Gasteiger partial charge is 0.394 e. The zero-order valence-corrected chi connectivity index (χ0v) is 11.8. The first kappa shape index (κ1) is 14.8. The molecule has 0 aliphatic carbocycles. The van der Waals surface area contributed by atoms with Gasteiger partial charge in [-0.2, -0.15) is 0 Å². The van der Waals surface area contributed by atoms with E-state index in [2.05, 4.69) is 19.2 Å². The zero-order valence-electron chi connectivity index (χ0n) is 10.3. The summed E-state index contributed by atoms with van der Waals surface area (Å²) in [6, 6.07) is 5.48. The van der Waals surface area contributed by atoms with Crippen LogP contribution in [-0.4, -0.2) is 17.3 Å². The number of rotatable bonds is 6. The van der Waals surface area contributed by atoms with Crippen molar-refractivity contribution in [2.24, 2.45) is 0 Å². The molecular formula is C13H19Cl2NO. The van der Waals surface area contributed by atoms with Gasteiger partial charge in [0.05, 0.1) is 6.61 Å². The molecule has 0 spiro atoms. The number of aliphatic hydroxyl groups excluding tert-OH is 1.